The SMILES string of the molecule is CCCCOC(=O)CSC1=C(C#N)[C@@H](c2ccc(Cl)cc2)CC(=O)N1. The molecular weight excluding hydrogens is 360 g/mol. The van der Waals surface area contributed by atoms with Crippen LogP contribution in [-0.2, 0) is 14.3 Å². The maximum absolute atomic E-state index is 12.0. The summed E-state index contributed by atoms with van der Waals surface area (Å²) < 4.78 is 5.10. The highest BCUT2D eigenvalue weighted by Gasteiger charge is 2.29. The molecule has 0 saturated heterocycles. The Kier molecular flexibility index (Phi) is 7.35. The van der Waals surface area contributed by atoms with Crippen LogP contribution in [0.5, 0.6) is 0 Å². The second-order valence-corrected chi connectivity index (χ2v) is 7.00. The zero-order chi connectivity index (χ0) is 18.2. The van der Waals surface area contributed by atoms with Crippen LogP contribution in [0.4, 0.5) is 0 Å². The van der Waals surface area contributed by atoms with Gasteiger partial charge in [-0.25, -0.2) is 0 Å². The first-order valence-corrected chi connectivity index (χ1v) is 9.39. The maximum Gasteiger partial charge on any atom is 0.316 e. The van der Waals surface area contributed by atoms with Crippen molar-refractivity contribution in [2.75, 3.05) is 12.4 Å². The summed E-state index contributed by atoms with van der Waals surface area (Å²) in [6.45, 7) is 2.40. The fraction of sp³-hybridized carbons (Fsp3) is 0.389. The topological polar surface area (TPSA) is 79.2 Å². The van der Waals surface area contributed by atoms with Crippen molar-refractivity contribution < 1.29 is 14.3 Å². The van der Waals surface area contributed by atoms with E-state index in [0.717, 1.165) is 30.2 Å². The lowest BCUT2D eigenvalue weighted by Crippen LogP contribution is -2.31. The summed E-state index contributed by atoms with van der Waals surface area (Å²) >= 11 is 7.03. The third kappa shape index (κ3) is 5.52. The van der Waals surface area contributed by atoms with Crippen molar-refractivity contribution >= 4 is 35.2 Å². The molecular formula is C18H19ClN2O3S. The van der Waals surface area contributed by atoms with Crippen LogP contribution in [-0.4, -0.2) is 24.2 Å². The molecule has 25 heavy (non-hydrogen) atoms. The number of esters is 1. The van der Waals surface area contributed by atoms with Crippen molar-refractivity contribution in [1.82, 2.24) is 5.32 Å². The highest BCUT2D eigenvalue weighted by molar-refractivity contribution is 8.03. The Hall–Kier alpha value is -1.97. The van der Waals surface area contributed by atoms with Gasteiger partial charge in [-0.05, 0) is 24.1 Å². The third-order valence-corrected chi connectivity index (χ3v) is 4.97. The zero-order valence-corrected chi connectivity index (χ0v) is 15.5. The van der Waals surface area contributed by atoms with E-state index in [2.05, 4.69) is 11.4 Å². The van der Waals surface area contributed by atoms with Crippen molar-refractivity contribution in [2.45, 2.75) is 32.1 Å². The van der Waals surface area contributed by atoms with E-state index in [1.54, 1.807) is 12.1 Å². The van der Waals surface area contributed by atoms with Crippen LogP contribution in [0.3, 0.4) is 0 Å². The fourth-order valence-corrected chi connectivity index (χ4v) is 3.42. The highest BCUT2D eigenvalue weighted by atomic mass is 35.5. The molecule has 2 rings (SSSR count). The van der Waals surface area contributed by atoms with Crippen molar-refractivity contribution in [3.05, 3.63) is 45.5 Å². The minimum atomic E-state index is -0.355. The van der Waals surface area contributed by atoms with Crippen LogP contribution in [0.15, 0.2) is 34.9 Å². The van der Waals surface area contributed by atoms with Crippen LogP contribution >= 0.6 is 23.4 Å². The number of allylic oxidation sites excluding steroid dienone is 1. The van der Waals surface area contributed by atoms with E-state index in [-0.39, 0.29) is 30.0 Å². The second kappa shape index (κ2) is 9.50. The molecule has 0 saturated carbocycles. The maximum atomic E-state index is 12.0. The lowest BCUT2D eigenvalue weighted by atomic mass is 9.87. The van der Waals surface area contributed by atoms with Gasteiger partial charge in [0, 0.05) is 17.4 Å². The fourth-order valence-electron chi connectivity index (χ4n) is 2.42. The molecule has 1 aliphatic rings. The van der Waals surface area contributed by atoms with Gasteiger partial charge in [-0.1, -0.05) is 48.8 Å². The number of thioether (sulfide) groups is 1. The van der Waals surface area contributed by atoms with E-state index in [4.69, 9.17) is 16.3 Å². The lowest BCUT2D eigenvalue weighted by molar-refractivity contribution is -0.140. The Morgan fingerprint density at radius 1 is 1.44 bits per heavy atom. The van der Waals surface area contributed by atoms with Gasteiger partial charge in [0.05, 0.1) is 29.0 Å². The minimum absolute atomic E-state index is 0.0534. The molecule has 1 heterocycles. The largest absolute Gasteiger partial charge is 0.465 e. The first-order valence-electron chi connectivity index (χ1n) is 8.03. The van der Waals surface area contributed by atoms with E-state index < -0.39 is 0 Å². The smallest absolute Gasteiger partial charge is 0.316 e. The van der Waals surface area contributed by atoms with Crippen LogP contribution < -0.4 is 5.32 Å². The molecule has 0 fully saturated rings. The summed E-state index contributed by atoms with van der Waals surface area (Å²) in [6, 6.07) is 9.26. The van der Waals surface area contributed by atoms with Gasteiger partial charge in [-0.2, -0.15) is 5.26 Å². The molecule has 7 heteroatoms. The molecule has 1 aromatic rings. The summed E-state index contributed by atoms with van der Waals surface area (Å²) in [5.74, 6) is -0.820. The number of nitrogens with one attached hydrogen (secondary N) is 1. The monoisotopic (exact) mass is 378 g/mol. The first kappa shape index (κ1) is 19.4. The number of nitrogens with zero attached hydrogens (tertiary/aromatic N) is 1. The molecule has 1 N–H and O–H groups in total. The number of hydrogen-bond acceptors (Lipinski definition) is 5. The number of hydrogen-bond donors (Lipinski definition) is 1. The summed E-state index contributed by atoms with van der Waals surface area (Å²) in [6.07, 6.45) is 1.95. The van der Waals surface area contributed by atoms with Crippen LogP contribution in [0, 0.1) is 11.3 Å². The Bertz CT molecular complexity index is 710. The summed E-state index contributed by atoms with van der Waals surface area (Å²) in [5, 5.41) is 13.3. The average Bonchev–Trinajstić information content (AvgIpc) is 2.60. The van der Waals surface area contributed by atoms with E-state index in [0.29, 0.717) is 22.2 Å². The molecule has 0 spiro atoms. The first-order chi connectivity index (χ1) is 12.0. The van der Waals surface area contributed by atoms with Gasteiger partial charge < -0.3 is 10.1 Å². The predicted octanol–water partition coefficient (Wildman–Crippen LogP) is 3.76. The lowest BCUT2D eigenvalue weighted by Gasteiger charge is -2.25. The van der Waals surface area contributed by atoms with Gasteiger partial charge in [-0.3, -0.25) is 9.59 Å². The van der Waals surface area contributed by atoms with Gasteiger partial charge in [0.2, 0.25) is 5.91 Å². The predicted molar refractivity (Wildman–Crippen MR) is 97.9 cm³/mol. The number of nitriles is 1. The minimum Gasteiger partial charge on any atom is -0.465 e. The van der Waals surface area contributed by atoms with Gasteiger partial charge in [0.25, 0.3) is 0 Å². The molecule has 0 aliphatic carbocycles. The Morgan fingerprint density at radius 3 is 2.80 bits per heavy atom. The second-order valence-electron chi connectivity index (χ2n) is 5.57. The third-order valence-electron chi connectivity index (χ3n) is 3.72. The Balaban J connectivity index is 2.13. The van der Waals surface area contributed by atoms with Crippen LogP contribution in [0.25, 0.3) is 0 Å². The Labute approximate surface area is 156 Å². The number of ether oxygens (including phenoxy) is 1. The average molecular weight is 379 g/mol. The van der Waals surface area contributed by atoms with Crippen LogP contribution in [0.1, 0.15) is 37.7 Å². The highest BCUT2D eigenvalue weighted by Crippen LogP contribution is 2.36. The normalized spacial score (nSPS) is 17.0. The Morgan fingerprint density at radius 2 is 2.16 bits per heavy atom. The van der Waals surface area contributed by atoms with Crippen molar-refractivity contribution in [3.8, 4) is 6.07 Å². The molecule has 5 nitrogen and oxygen atoms in total. The molecule has 1 aliphatic heterocycles. The standard InChI is InChI=1S/C18H19ClN2O3S/c1-2-3-8-24-17(23)11-25-18-15(10-20)14(9-16(22)21-18)12-4-6-13(19)7-5-12/h4-7,14H,2-3,8-9,11H2,1H3,(H,21,22)/t14-/m1/s1. The number of rotatable bonds is 7. The number of halogens is 1. The van der Waals surface area contributed by atoms with Crippen molar-refractivity contribution in [2.24, 2.45) is 0 Å². The number of benzene rings is 1. The number of unbranched alkanes of at least 4 members (excludes halogenated alkanes) is 1. The molecule has 1 atom stereocenters. The molecule has 0 aromatic heterocycles. The van der Waals surface area contributed by atoms with E-state index >= 15 is 0 Å². The molecule has 0 radical (unpaired) electrons. The molecule has 0 unspecified atom stereocenters. The molecule has 132 valence electrons. The number of carbonyl (C=O) groups excluding carboxylic acids is 2. The molecule has 0 bridgehead atoms. The van der Waals surface area contributed by atoms with E-state index in [1.165, 1.54) is 0 Å². The van der Waals surface area contributed by atoms with E-state index in [1.807, 2.05) is 19.1 Å². The van der Waals surface area contributed by atoms with Gasteiger partial charge in [0.1, 0.15) is 0 Å². The van der Waals surface area contributed by atoms with Crippen molar-refractivity contribution in [3.63, 3.8) is 0 Å². The summed E-state index contributed by atoms with van der Waals surface area (Å²) in [4.78, 5) is 23.8. The van der Waals surface area contributed by atoms with Gasteiger partial charge in [-0.15, -0.1) is 0 Å². The van der Waals surface area contributed by atoms with Crippen molar-refractivity contribution in [1.29, 1.82) is 5.26 Å². The number of carbonyl (C=O) groups is 2. The molecule has 1 amide bonds. The quantitative estimate of drug-likeness (QED) is 0.577. The van der Waals surface area contributed by atoms with Crippen LogP contribution in [0.2, 0.25) is 5.02 Å². The molecule has 1 aromatic carbocycles. The van der Waals surface area contributed by atoms with Gasteiger partial charge >= 0.3 is 5.97 Å². The zero-order valence-electron chi connectivity index (χ0n) is 13.9. The van der Waals surface area contributed by atoms with Gasteiger partial charge in [0.15, 0.2) is 0 Å². The number of amides is 1. The van der Waals surface area contributed by atoms with E-state index in [9.17, 15) is 14.9 Å². The summed E-state index contributed by atoms with van der Waals surface area (Å²) in [7, 11) is 0. The summed E-state index contributed by atoms with van der Waals surface area (Å²) in [5.41, 5.74) is 1.30.